The lowest BCUT2D eigenvalue weighted by molar-refractivity contribution is -0.127. The van der Waals surface area contributed by atoms with Gasteiger partial charge >= 0.3 is 0 Å². The number of benzene rings is 1. The second kappa shape index (κ2) is 13.0. The largest absolute Gasteiger partial charge is 0.355 e. The number of guanidine groups is 1. The summed E-state index contributed by atoms with van der Waals surface area (Å²) in [7, 11) is 3.53. The summed E-state index contributed by atoms with van der Waals surface area (Å²) in [5.41, 5.74) is 2.55. The van der Waals surface area contributed by atoms with E-state index in [0.29, 0.717) is 18.5 Å². The van der Waals surface area contributed by atoms with Gasteiger partial charge in [-0.1, -0.05) is 38.1 Å². The summed E-state index contributed by atoms with van der Waals surface area (Å²) in [6.45, 7) is 8.33. The molecule has 0 radical (unpaired) electrons. The van der Waals surface area contributed by atoms with Crippen LogP contribution in [0.3, 0.4) is 0 Å². The first-order chi connectivity index (χ1) is 13.0. The normalized spacial score (nSPS) is 17.1. The smallest absolute Gasteiger partial charge is 0.241 e. The molecule has 158 valence electrons. The fraction of sp³-hybridized carbons (Fsp3) is 0.619. The predicted octanol–water partition coefficient (Wildman–Crippen LogP) is 2.47. The fourth-order valence-electron chi connectivity index (χ4n) is 3.47. The maximum absolute atomic E-state index is 12.0. The van der Waals surface area contributed by atoms with Gasteiger partial charge in [-0.25, -0.2) is 4.99 Å². The molecule has 1 aromatic carbocycles. The van der Waals surface area contributed by atoms with Gasteiger partial charge in [-0.3, -0.25) is 9.69 Å². The van der Waals surface area contributed by atoms with Gasteiger partial charge in [-0.05, 0) is 43.5 Å². The van der Waals surface area contributed by atoms with Crippen LogP contribution in [0.2, 0.25) is 0 Å². The monoisotopic (exact) mass is 501 g/mol. The van der Waals surface area contributed by atoms with E-state index in [2.05, 4.69) is 53.6 Å². The van der Waals surface area contributed by atoms with Crippen LogP contribution in [0.25, 0.3) is 0 Å². The summed E-state index contributed by atoms with van der Waals surface area (Å²) >= 11 is 0. The molecule has 1 atom stereocenters. The molecule has 1 saturated heterocycles. The van der Waals surface area contributed by atoms with Crippen molar-refractivity contribution >= 4 is 35.8 Å². The third-order valence-corrected chi connectivity index (χ3v) is 5.22. The van der Waals surface area contributed by atoms with Crippen molar-refractivity contribution in [2.24, 2.45) is 4.99 Å². The first-order valence-electron chi connectivity index (χ1n) is 10.1. The van der Waals surface area contributed by atoms with E-state index in [0.717, 1.165) is 19.5 Å². The molecule has 1 heterocycles. The van der Waals surface area contributed by atoms with Gasteiger partial charge in [0, 0.05) is 26.7 Å². The number of aliphatic imine (C=N–C) groups is 1. The zero-order chi connectivity index (χ0) is 19.6. The summed E-state index contributed by atoms with van der Waals surface area (Å²) in [5, 5.41) is 6.65. The van der Waals surface area contributed by atoms with E-state index in [9.17, 15) is 4.79 Å². The molecule has 1 fully saturated rings. The number of hydrogen-bond acceptors (Lipinski definition) is 3. The number of nitrogens with zero attached hydrogens (tertiary/aromatic N) is 3. The van der Waals surface area contributed by atoms with Crippen molar-refractivity contribution in [1.29, 1.82) is 0 Å². The molecule has 0 bridgehead atoms. The van der Waals surface area contributed by atoms with Gasteiger partial charge in [0.2, 0.25) is 5.91 Å². The van der Waals surface area contributed by atoms with Gasteiger partial charge in [0.25, 0.3) is 0 Å². The van der Waals surface area contributed by atoms with Gasteiger partial charge in [0.05, 0.1) is 13.1 Å². The van der Waals surface area contributed by atoms with Crippen LogP contribution in [0.5, 0.6) is 0 Å². The van der Waals surface area contributed by atoms with Crippen molar-refractivity contribution in [3.8, 4) is 0 Å². The van der Waals surface area contributed by atoms with E-state index in [4.69, 9.17) is 4.99 Å². The highest BCUT2D eigenvalue weighted by Crippen LogP contribution is 2.15. The molecule has 1 aliphatic rings. The fourth-order valence-corrected chi connectivity index (χ4v) is 3.47. The molecule has 7 heteroatoms. The number of hydrogen-bond donors (Lipinski definition) is 2. The van der Waals surface area contributed by atoms with Crippen molar-refractivity contribution in [3.05, 3.63) is 35.4 Å². The molecule has 2 rings (SSSR count). The number of carbonyl (C=O) groups excluding carboxylic acids is 1. The van der Waals surface area contributed by atoms with Crippen molar-refractivity contribution in [2.45, 2.75) is 45.7 Å². The third kappa shape index (κ3) is 7.58. The van der Waals surface area contributed by atoms with E-state index < -0.39 is 0 Å². The number of amides is 1. The van der Waals surface area contributed by atoms with Gasteiger partial charge < -0.3 is 15.5 Å². The molecule has 0 spiro atoms. The first kappa shape index (κ1) is 24.7. The highest BCUT2D eigenvalue weighted by molar-refractivity contribution is 14.0. The molecule has 0 saturated carbocycles. The number of halogens is 1. The van der Waals surface area contributed by atoms with Crippen molar-refractivity contribution < 1.29 is 4.79 Å². The molecule has 6 nitrogen and oxygen atoms in total. The molecular formula is C21H36IN5O. The lowest BCUT2D eigenvalue weighted by Gasteiger charge is -2.24. The average Bonchev–Trinajstić information content (AvgIpc) is 3.14. The maximum Gasteiger partial charge on any atom is 0.241 e. The molecule has 1 unspecified atom stereocenters. The number of likely N-dealkylation sites (tertiary alicyclic amines) is 1. The summed E-state index contributed by atoms with van der Waals surface area (Å²) in [6, 6.07) is 8.94. The Labute approximate surface area is 187 Å². The zero-order valence-electron chi connectivity index (χ0n) is 17.7. The van der Waals surface area contributed by atoms with E-state index in [-0.39, 0.29) is 36.4 Å². The number of aryl methyl sites for hydroxylation is 1. The minimum absolute atomic E-state index is 0. The number of likely N-dealkylation sites (N-methyl/N-ethyl adjacent to an activating group) is 2. The molecular weight excluding hydrogens is 465 g/mol. The topological polar surface area (TPSA) is 60.0 Å². The molecule has 28 heavy (non-hydrogen) atoms. The molecule has 1 amide bonds. The van der Waals surface area contributed by atoms with E-state index in [1.165, 1.54) is 30.5 Å². The number of nitrogens with one attached hydrogen (secondary N) is 2. The quantitative estimate of drug-likeness (QED) is 0.327. The van der Waals surface area contributed by atoms with Crippen LogP contribution >= 0.6 is 24.0 Å². The van der Waals surface area contributed by atoms with Crippen molar-refractivity contribution in [2.75, 3.05) is 40.3 Å². The standard InChI is InChI=1S/C21H35N5O.HI/c1-5-17-10-7-8-11-18(17)14-22-21(24-16-20(27)25(3)4)23-15-19-12-9-13-26(19)6-2;/h7-8,10-11,19H,5-6,9,12-16H2,1-4H3,(H2,22,23,24);1H. The van der Waals surface area contributed by atoms with Crippen LogP contribution < -0.4 is 10.6 Å². The second-order valence-electron chi connectivity index (χ2n) is 7.23. The summed E-state index contributed by atoms with van der Waals surface area (Å²) in [4.78, 5) is 20.8. The van der Waals surface area contributed by atoms with Crippen LogP contribution in [0.1, 0.15) is 37.8 Å². The number of carbonyl (C=O) groups is 1. The minimum atomic E-state index is 0. The lowest BCUT2D eigenvalue weighted by Crippen LogP contribution is -2.47. The Bertz CT molecular complexity index is 635. The third-order valence-electron chi connectivity index (χ3n) is 5.22. The molecule has 2 N–H and O–H groups in total. The highest BCUT2D eigenvalue weighted by Gasteiger charge is 2.22. The Morgan fingerprint density at radius 2 is 1.93 bits per heavy atom. The maximum atomic E-state index is 12.0. The Morgan fingerprint density at radius 3 is 2.57 bits per heavy atom. The van der Waals surface area contributed by atoms with Crippen LogP contribution in [0, 0.1) is 0 Å². The lowest BCUT2D eigenvalue weighted by atomic mass is 10.1. The Kier molecular flexibility index (Phi) is 11.4. The van der Waals surface area contributed by atoms with Gasteiger partial charge in [0.1, 0.15) is 0 Å². The van der Waals surface area contributed by atoms with E-state index in [1.54, 1.807) is 19.0 Å². The van der Waals surface area contributed by atoms with Crippen LogP contribution in [-0.2, 0) is 17.8 Å². The summed E-state index contributed by atoms with van der Waals surface area (Å²) < 4.78 is 0. The molecule has 0 aliphatic carbocycles. The second-order valence-corrected chi connectivity index (χ2v) is 7.23. The predicted molar refractivity (Wildman–Crippen MR) is 127 cm³/mol. The Morgan fingerprint density at radius 1 is 1.21 bits per heavy atom. The number of rotatable bonds is 8. The average molecular weight is 501 g/mol. The summed E-state index contributed by atoms with van der Waals surface area (Å²) in [6.07, 6.45) is 3.46. The van der Waals surface area contributed by atoms with Crippen LogP contribution in [-0.4, -0.2) is 68.0 Å². The molecule has 0 aromatic heterocycles. The van der Waals surface area contributed by atoms with Crippen molar-refractivity contribution in [3.63, 3.8) is 0 Å². The minimum Gasteiger partial charge on any atom is -0.355 e. The van der Waals surface area contributed by atoms with Gasteiger partial charge in [0.15, 0.2) is 5.96 Å². The first-order valence-corrected chi connectivity index (χ1v) is 10.1. The van der Waals surface area contributed by atoms with Crippen LogP contribution in [0.15, 0.2) is 29.3 Å². The SMILES string of the molecule is CCc1ccccc1CN=C(NCC(=O)N(C)C)NCC1CCCN1CC.I. The molecule has 1 aliphatic heterocycles. The van der Waals surface area contributed by atoms with Gasteiger partial charge in [-0.2, -0.15) is 0 Å². The van der Waals surface area contributed by atoms with E-state index in [1.807, 2.05) is 0 Å². The van der Waals surface area contributed by atoms with Crippen LogP contribution in [0.4, 0.5) is 0 Å². The zero-order valence-corrected chi connectivity index (χ0v) is 20.0. The Balaban J connectivity index is 0.00000392. The van der Waals surface area contributed by atoms with Crippen molar-refractivity contribution in [1.82, 2.24) is 20.4 Å². The molecule has 1 aromatic rings. The van der Waals surface area contributed by atoms with E-state index >= 15 is 0 Å². The highest BCUT2D eigenvalue weighted by atomic mass is 127. The Hall–Kier alpha value is -1.35. The summed E-state index contributed by atoms with van der Waals surface area (Å²) in [5.74, 6) is 0.744. The van der Waals surface area contributed by atoms with Gasteiger partial charge in [-0.15, -0.1) is 24.0 Å².